The van der Waals surface area contributed by atoms with Gasteiger partial charge in [-0.15, -0.1) is 0 Å². The summed E-state index contributed by atoms with van der Waals surface area (Å²) in [5.41, 5.74) is 5.48. The standard InChI is InChI=1S/C12H23N3O2/c1-8(2)15(9(3)4)12(17)7-10(5)13-14-11(6)16/h8-9,13H,5,7H2,1-4,6H3,(H,14,16). The number of hydrogen-bond donors (Lipinski definition) is 2. The van der Waals surface area contributed by atoms with Crippen molar-refractivity contribution < 1.29 is 9.59 Å². The Morgan fingerprint density at radius 3 is 1.94 bits per heavy atom. The first-order chi connectivity index (χ1) is 7.75. The molecule has 98 valence electrons. The Kier molecular flexibility index (Phi) is 6.31. The molecule has 0 radical (unpaired) electrons. The molecule has 0 saturated carbocycles. The first-order valence-electron chi connectivity index (χ1n) is 5.77. The fraction of sp³-hybridized carbons (Fsp3) is 0.667. The van der Waals surface area contributed by atoms with Crippen LogP contribution in [0.15, 0.2) is 12.3 Å². The third-order valence-corrected chi connectivity index (χ3v) is 2.18. The highest BCUT2D eigenvalue weighted by molar-refractivity contribution is 5.79. The van der Waals surface area contributed by atoms with Crippen molar-refractivity contribution in [1.29, 1.82) is 0 Å². The van der Waals surface area contributed by atoms with Crippen LogP contribution in [0.5, 0.6) is 0 Å². The van der Waals surface area contributed by atoms with E-state index in [9.17, 15) is 9.59 Å². The minimum atomic E-state index is -0.219. The van der Waals surface area contributed by atoms with E-state index in [1.807, 2.05) is 27.7 Å². The van der Waals surface area contributed by atoms with Crippen LogP contribution in [0.1, 0.15) is 41.0 Å². The van der Waals surface area contributed by atoms with E-state index >= 15 is 0 Å². The maximum Gasteiger partial charge on any atom is 0.235 e. The largest absolute Gasteiger partial charge is 0.338 e. The van der Waals surface area contributed by atoms with Crippen LogP contribution in [-0.4, -0.2) is 28.8 Å². The molecule has 0 aromatic carbocycles. The Morgan fingerprint density at radius 2 is 1.59 bits per heavy atom. The molecule has 5 heteroatoms. The molecule has 0 bridgehead atoms. The molecule has 0 spiro atoms. The average Bonchev–Trinajstić information content (AvgIpc) is 2.12. The van der Waals surface area contributed by atoms with E-state index in [4.69, 9.17) is 0 Å². The lowest BCUT2D eigenvalue weighted by atomic mass is 10.2. The fourth-order valence-corrected chi connectivity index (χ4v) is 1.67. The molecule has 17 heavy (non-hydrogen) atoms. The van der Waals surface area contributed by atoms with Crippen LogP contribution in [-0.2, 0) is 9.59 Å². The lowest BCUT2D eigenvalue weighted by molar-refractivity contribution is -0.134. The Hall–Kier alpha value is -1.52. The molecular formula is C12H23N3O2. The summed E-state index contributed by atoms with van der Waals surface area (Å²) in [5.74, 6) is -0.221. The molecule has 0 aliphatic carbocycles. The van der Waals surface area contributed by atoms with Crippen LogP contribution in [0.4, 0.5) is 0 Å². The quantitative estimate of drug-likeness (QED) is 0.686. The van der Waals surface area contributed by atoms with Gasteiger partial charge in [0.1, 0.15) is 0 Å². The van der Waals surface area contributed by atoms with E-state index in [1.165, 1.54) is 6.92 Å². The SMILES string of the molecule is C=C(CC(=O)N(C(C)C)C(C)C)NNC(C)=O. The van der Waals surface area contributed by atoms with Crippen LogP contribution in [0.3, 0.4) is 0 Å². The summed E-state index contributed by atoms with van der Waals surface area (Å²) in [4.78, 5) is 24.5. The number of nitrogens with one attached hydrogen (secondary N) is 2. The summed E-state index contributed by atoms with van der Waals surface area (Å²) >= 11 is 0. The second-order valence-electron chi connectivity index (χ2n) is 4.58. The van der Waals surface area contributed by atoms with E-state index in [2.05, 4.69) is 17.4 Å². The predicted octanol–water partition coefficient (Wildman–Crippen LogP) is 1.18. The lowest BCUT2D eigenvalue weighted by Gasteiger charge is -2.31. The minimum absolute atomic E-state index is 0.00199. The van der Waals surface area contributed by atoms with E-state index in [1.54, 1.807) is 4.90 Å². The van der Waals surface area contributed by atoms with Gasteiger partial charge >= 0.3 is 0 Å². The van der Waals surface area contributed by atoms with Crippen molar-refractivity contribution in [3.8, 4) is 0 Å². The van der Waals surface area contributed by atoms with Crippen LogP contribution in [0.25, 0.3) is 0 Å². The monoisotopic (exact) mass is 241 g/mol. The molecule has 0 saturated heterocycles. The van der Waals surface area contributed by atoms with Crippen molar-refractivity contribution in [2.75, 3.05) is 0 Å². The fourth-order valence-electron chi connectivity index (χ4n) is 1.67. The molecule has 0 unspecified atom stereocenters. The number of hydrazine groups is 1. The molecule has 0 heterocycles. The van der Waals surface area contributed by atoms with Crippen molar-refractivity contribution in [3.63, 3.8) is 0 Å². The highest BCUT2D eigenvalue weighted by Gasteiger charge is 2.20. The van der Waals surface area contributed by atoms with Gasteiger partial charge in [0.25, 0.3) is 0 Å². The van der Waals surface area contributed by atoms with Crippen molar-refractivity contribution in [2.45, 2.75) is 53.1 Å². The van der Waals surface area contributed by atoms with Crippen LogP contribution in [0.2, 0.25) is 0 Å². The lowest BCUT2D eigenvalue weighted by Crippen LogP contribution is -2.43. The Bertz CT molecular complexity index is 290. The van der Waals surface area contributed by atoms with E-state index in [0.29, 0.717) is 5.70 Å². The summed E-state index contributed by atoms with van der Waals surface area (Å²) in [6, 6.07) is 0.298. The predicted molar refractivity (Wildman–Crippen MR) is 67.8 cm³/mol. The number of amides is 2. The Balaban J connectivity index is 4.31. The van der Waals surface area contributed by atoms with Crippen molar-refractivity contribution >= 4 is 11.8 Å². The van der Waals surface area contributed by atoms with Gasteiger partial charge in [0.05, 0.1) is 6.42 Å². The molecule has 0 aliphatic heterocycles. The van der Waals surface area contributed by atoms with Crippen LogP contribution in [0, 0.1) is 0 Å². The third-order valence-electron chi connectivity index (χ3n) is 2.18. The van der Waals surface area contributed by atoms with E-state index < -0.39 is 0 Å². The van der Waals surface area contributed by atoms with Gasteiger partial charge in [-0.3, -0.25) is 15.0 Å². The topological polar surface area (TPSA) is 61.4 Å². The zero-order valence-corrected chi connectivity index (χ0v) is 11.3. The van der Waals surface area contributed by atoms with Crippen molar-refractivity contribution in [2.24, 2.45) is 0 Å². The highest BCUT2D eigenvalue weighted by atomic mass is 16.2. The summed E-state index contributed by atoms with van der Waals surface area (Å²) in [6.45, 7) is 13.0. The molecule has 0 aromatic heterocycles. The minimum Gasteiger partial charge on any atom is -0.338 e. The molecule has 0 atom stereocenters. The molecule has 2 N–H and O–H groups in total. The van der Waals surface area contributed by atoms with Gasteiger partial charge in [0.15, 0.2) is 0 Å². The van der Waals surface area contributed by atoms with Gasteiger partial charge in [-0.05, 0) is 27.7 Å². The van der Waals surface area contributed by atoms with Gasteiger partial charge in [-0.1, -0.05) is 6.58 Å². The highest BCUT2D eigenvalue weighted by Crippen LogP contribution is 2.09. The summed E-state index contributed by atoms with van der Waals surface area (Å²) in [5, 5.41) is 0. The molecule has 0 rings (SSSR count). The van der Waals surface area contributed by atoms with Gasteiger partial charge in [-0.2, -0.15) is 0 Å². The Labute approximate surface area is 103 Å². The molecule has 0 aromatic rings. The summed E-state index contributed by atoms with van der Waals surface area (Å²) < 4.78 is 0. The van der Waals surface area contributed by atoms with E-state index in [0.717, 1.165) is 0 Å². The molecular weight excluding hydrogens is 218 g/mol. The zero-order valence-electron chi connectivity index (χ0n) is 11.3. The number of carbonyl (C=O) groups excluding carboxylic acids is 2. The number of hydrogen-bond acceptors (Lipinski definition) is 3. The van der Waals surface area contributed by atoms with Gasteiger partial charge in [-0.25, -0.2) is 0 Å². The zero-order chi connectivity index (χ0) is 13.6. The van der Waals surface area contributed by atoms with Crippen molar-refractivity contribution in [1.82, 2.24) is 15.8 Å². The van der Waals surface area contributed by atoms with Gasteiger partial charge in [0.2, 0.25) is 11.8 Å². The first-order valence-corrected chi connectivity index (χ1v) is 5.77. The number of nitrogens with zero attached hydrogens (tertiary/aromatic N) is 1. The van der Waals surface area contributed by atoms with Crippen LogP contribution >= 0.6 is 0 Å². The Morgan fingerprint density at radius 1 is 1.12 bits per heavy atom. The molecule has 0 aliphatic rings. The maximum absolute atomic E-state index is 12.0. The second kappa shape index (κ2) is 6.93. The van der Waals surface area contributed by atoms with Crippen molar-refractivity contribution in [3.05, 3.63) is 12.3 Å². The third kappa shape index (κ3) is 5.94. The van der Waals surface area contributed by atoms with Gasteiger partial charge in [0, 0.05) is 24.7 Å². The van der Waals surface area contributed by atoms with Gasteiger partial charge < -0.3 is 10.3 Å². The summed E-state index contributed by atoms with van der Waals surface area (Å²) in [6.07, 6.45) is 0.177. The average molecular weight is 241 g/mol. The number of carbonyl (C=O) groups is 2. The summed E-state index contributed by atoms with van der Waals surface area (Å²) in [7, 11) is 0. The van der Waals surface area contributed by atoms with Crippen LogP contribution < -0.4 is 10.9 Å². The second-order valence-corrected chi connectivity index (χ2v) is 4.58. The maximum atomic E-state index is 12.0. The normalized spacial score (nSPS) is 10.3. The first kappa shape index (κ1) is 15.5. The van der Waals surface area contributed by atoms with E-state index in [-0.39, 0.29) is 30.3 Å². The molecule has 0 fully saturated rings. The smallest absolute Gasteiger partial charge is 0.235 e. The molecule has 2 amide bonds. The molecule has 5 nitrogen and oxygen atoms in total. The number of rotatable bonds is 6.